The molecule has 2 aromatic rings. The minimum Gasteiger partial charge on any atom is -0.496 e. The van der Waals surface area contributed by atoms with E-state index in [9.17, 15) is 4.79 Å². The molecule has 1 aromatic carbocycles. The molecular weight excluding hydrogens is 308 g/mol. The quantitative estimate of drug-likeness (QED) is 0.876. The van der Waals surface area contributed by atoms with Crippen molar-refractivity contribution in [1.29, 1.82) is 0 Å². The van der Waals surface area contributed by atoms with Gasteiger partial charge in [-0.3, -0.25) is 9.89 Å². The summed E-state index contributed by atoms with van der Waals surface area (Å²) in [6.07, 6.45) is 4.23. The predicted octanol–water partition coefficient (Wildman–Crippen LogP) is 1.95. The van der Waals surface area contributed by atoms with Crippen LogP contribution in [0.15, 0.2) is 24.5 Å². The summed E-state index contributed by atoms with van der Waals surface area (Å²) < 4.78 is 11.1. The number of aromatic nitrogens is 3. The van der Waals surface area contributed by atoms with Crippen LogP contribution >= 0.6 is 0 Å². The van der Waals surface area contributed by atoms with E-state index in [1.807, 2.05) is 12.1 Å². The van der Waals surface area contributed by atoms with Gasteiger partial charge in [-0.15, -0.1) is 0 Å². The van der Waals surface area contributed by atoms with Gasteiger partial charge in [-0.2, -0.15) is 5.10 Å². The van der Waals surface area contributed by atoms with Gasteiger partial charge in [-0.25, -0.2) is 4.98 Å². The number of nitrogens with one attached hydrogen (secondary N) is 2. The Morgan fingerprint density at radius 3 is 2.96 bits per heavy atom. The van der Waals surface area contributed by atoms with Gasteiger partial charge in [-0.1, -0.05) is 0 Å². The standard InChI is InChI=1S/C17H20N4O3/c1-23-14-5-4-11(8-12(14)10-2-3-10)17(22)20-13-6-7-24-15(13)16-18-9-19-21-16/h4-5,8-10,13,15H,2-3,6-7H2,1H3,(H,20,22)(H,18,19,21)/t13-,15+/m0/s1. The summed E-state index contributed by atoms with van der Waals surface area (Å²) >= 11 is 0. The average molecular weight is 328 g/mol. The predicted molar refractivity (Wildman–Crippen MR) is 85.9 cm³/mol. The molecule has 1 saturated carbocycles. The number of H-pyrrole nitrogens is 1. The minimum absolute atomic E-state index is 0.0976. The summed E-state index contributed by atoms with van der Waals surface area (Å²) in [4.78, 5) is 16.8. The molecule has 1 saturated heterocycles. The number of amides is 1. The van der Waals surface area contributed by atoms with Crippen LogP contribution in [0.25, 0.3) is 0 Å². The third-order valence-electron chi connectivity index (χ3n) is 4.62. The van der Waals surface area contributed by atoms with Crippen molar-refractivity contribution in [2.45, 2.75) is 37.3 Å². The smallest absolute Gasteiger partial charge is 0.251 e. The number of hydrogen-bond acceptors (Lipinski definition) is 5. The van der Waals surface area contributed by atoms with E-state index >= 15 is 0 Å². The van der Waals surface area contributed by atoms with E-state index in [0.717, 1.165) is 30.6 Å². The number of rotatable bonds is 5. The van der Waals surface area contributed by atoms with Crippen LogP contribution in [0.4, 0.5) is 0 Å². The van der Waals surface area contributed by atoms with Crippen LogP contribution in [-0.4, -0.2) is 40.8 Å². The lowest BCUT2D eigenvalue weighted by molar-refractivity contribution is 0.0792. The summed E-state index contributed by atoms with van der Waals surface area (Å²) in [6.45, 7) is 0.590. The SMILES string of the molecule is COc1ccc(C(=O)N[C@H]2CCO[C@H]2c2ncn[nH]2)cc1C1CC1. The van der Waals surface area contributed by atoms with E-state index in [0.29, 0.717) is 23.9 Å². The zero-order valence-electron chi connectivity index (χ0n) is 13.5. The highest BCUT2D eigenvalue weighted by Crippen LogP contribution is 2.44. The van der Waals surface area contributed by atoms with E-state index in [1.165, 1.54) is 6.33 Å². The molecule has 0 radical (unpaired) electrons. The molecule has 4 rings (SSSR count). The van der Waals surface area contributed by atoms with Crippen molar-refractivity contribution in [1.82, 2.24) is 20.5 Å². The summed E-state index contributed by atoms with van der Waals surface area (Å²) in [5.74, 6) is 1.92. The zero-order valence-corrected chi connectivity index (χ0v) is 13.5. The fraction of sp³-hybridized carbons (Fsp3) is 0.471. The van der Waals surface area contributed by atoms with Gasteiger partial charge in [0.1, 0.15) is 18.2 Å². The molecule has 0 spiro atoms. The van der Waals surface area contributed by atoms with Crippen LogP contribution in [0.2, 0.25) is 0 Å². The Bertz CT molecular complexity index is 727. The van der Waals surface area contributed by atoms with Gasteiger partial charge in [0.15, 0.2) is 5.82 Å². The first-order chi connectivity index (χ1) is 11.8. The minimum atomic E-state index is -0.280. The van der Waals surface area contributed by atoms with E-state index in [4.69, 9.17) is 9.47 Å². The molecule has 24 heavy (non-hydrogen) atoms. The molecular formula is C17H20N4O3. The number of aromatic amines is 1. The number of carbonyl (C=O) groups is 1. The molecule has 2 aliphatic rings. The Hall–Kier alpha value is -2.41. The lowest BCUT2D eigenvalue weighted by Crippen LogP contribution is -2.37. The van der Waals surface area contributed by atoms with Gasteiger partial charge in [0.05, 0.1) is 13.2 Å². The zero-order chi connectivity index (χ0) is 16.5. The largest absolute Gasteiger partial charge is 0.496 e. The van der Waals surface area contributed by atoms with Crippen molar-refractivity contribution < 1.29 is 14.3 Å². The van der Waals surface area contributed by atoms with Crippen LogP contribution in [0.3, 0.4) is 0 Å². The Kier molecular flexibility index (Phi) is 3.93. The molecule has 1 aliphatic carbocycles. The topological polar surface area (TPSA) is 89.1 Å². The molecule has 0 bridgehead atoms. The third-order valence-corrected chi connectivity index (χ3v) is 4.62. The Labute approximate surface area is 139 Å². The third kappa shape index (κ3) is 2.87. The Morgan fingerprint density at radius 1 is 1.38 bits per heavy atom. The van der Waals surface area contributed by atoms with Crippen LogP contribution in [0.1, 0.15) is 53.0 Å². The molecule has 1 aromatic heterocycles. The Morgan fingerprint density at radius 2 is 2.25 bits per heavy atom. The van der Waals surface area contributed by atoms with Gasteiger partial charge >= 0.3 is 0 Å². The normalized spacial score (nSPS) is 23.2. The number of hydrogen-bond donors (Lipinski definition) is 2. The van der Waals surface area contributed by atoms with Gasteiger partial charge in [-0.05, 0) is 48.9 Å². The molecule has 2 heterocycles. The molecule has 2 atom stereocenters. The second-order valence-electron chi connectivity index (χ2n) is 6.26. The van der Waals surface area contributed by atoms with E-state index in [2.05, 4.69) is 20.5 Å². The van der Waals surface area contributed by atoms with Crippen LogP contribution in [0, 0.1) is 0 Å². The Balaban J connectivity index is 1.51. The second kappa shape index (κ2) is 6.24. The molecule has 2 N–H and O–H groups in total. The summed E-state index contributed by atoms with van der Waals surface area (Å²) in [5.41, 5.74) is 1.78. The summed E-state index contributed by atoms with van der Waals surface area (Å²) in [7, 11) is 1.67. The van der Waals surface area contributed by atoms with E-state index in [-0.39, 0.29) is 18.1 Å². The van der Waals surface area contributed by atoms with Crippen molar-refractivity contribution in [3.05, 3.63) is 41.5 Å². The molecule has 2 fully saturated rings. The molecule has 1 amide bonds. The van der Waals surface area contributed by atoms with Crippen LogP contribution in [-0.2, 0) is 4.74 Å². The first kappa shape index (κ1) is 15.1. The van der Waals surface area contributed by atoms with Crippen LogP contribution < -0.4 is 10.1 Å². The number of carbonyl (C=O) groups excluding carboxylic acids is 1. The monoisotopic (exact) mass is 328 g/mol. The fourth-order valence-electron chi connectivity index (χ4n) is 3.20. The van der Waals surface area contributed by atoms with Gasteiger partial charge in [0.25, 0.3) is 5.91 Å². The second-order valence-corrected chi connectivity index (χ2v) is 6.26. The van der Waals surface area contributed by atoms with Crippen molar-refractivity contribution >= 4 is 5.91 Å². The molecule has 126 valence electrons. The molecule has 0 unspecified atom stereocenters. The van der Waals surface area contributed by atoms with Crippen molar-refractivity contribution in [2.75, 3.05) is 13.7 Å². The highest BCUT2D eigenvalue weighted by atomic mass is 16.5. The number of benzene rings is 1. The maximum Gasteiger partial charge on any atom is 0.251 e. The maximum atomic E-state index is 12.7. The van der Waals surface area contributed by atoms with Gasteiger partial charge in [0.2, 0.25) is 0 Å². The van der Waals surface area contributed by atoms with Crippen molar-refractivity contribution in [3.8, 4) is 5.75 Å². The molecule has 7 nitrogen and oxygen atoms in total. The lowest BCUT2D eigenvalue weighted by Gasteiger charge is -2.18. The highest BCUT2D eigenvalue weighted by molar-refractivity contribution is 5.95. The summed E-state index contributed by atoms with van der Waals surface area (Å²) in [5, 5.41) is 9.73. The van der Waals surface area contributed by atoms with E-state index in [1.54, 1.807) is 13.2 Å². The van der Waals surface area contributed by atoms with Crippen LogP contribution in [0.5, 0.6) is 5.75 Å². The lowest BCUT2D eigenvalue weighted by atomic mass is 10.0. The molecule has 1 aliphatic heterocycles. The van der Waals surface area contributed by atoms with Gasteiger partial charge < -0.3 is 14.8 Å². The fourth-order valence-corrected chi connectivity index (χ4v) is 3.20. The molecule has 7 heteroatoms. The maximum absolute atomic E-state index is 12.7. The number of ether oxygens (including phenoxy) is 2. The highest BCUT2D eigenvalue weighted by Gasteiger charge is 2.33. The average Bonchev–Trinajstić information content (AvgIpc) is 3.11. The number of methoxy groups -OCH3 is 1. The first-order valence-corrected chi connectivity index (χ1v) is 8.22. The van der Waals surface area contributed by atoms with E-state index < -0.39 is 0 Å². The van der Waals surface area contributed by atoms with Crippen molar-refractivity contribution in [2.24, 2.45) is 0 Å². The summed E-state index contributed by atoms with van der Waals surface area (Å²) in [6, 6.07) is 5.52. The van der Waals surface area contributed by atoms with Gasteiger partial charge in [0, 0.05) is 12.2 Å². The number of nitrogens with zero attached hydrogens (tertiary/aromatic N) is 2. The first-order valence-electron chi connectivity index (χ1n) is 8.22. The van der Waals surface area contributed by atoms with Crippen molar-refractivity contribution in [3.63, 3.8) is 0 Å².